The zero-order valence-electron chi connectivity index (χ0n) is 9.64. The van der Waals surface area contributed by atoms with Gasteiger partial charge in [-0.15, -0.1) is 0 Å². The molecule has 0 radical (unpaired) electrons. The molecule has 0 aliphatic carbocycles. The summed E-state index contributed by atoms with van der Waals surface area (Å²) in [6.45, 7) is 0. The minimum atomic E-state index is -0.899. The first-order valence-corrected chi connectivity index (χ1v) is 6.28. The molecule has 18 heavy (non-hydrogen) atoms. The summed E-state index contributed by atoms with van der Waals surface area (Å²) < 4.78 is 3.06. The van der Waals surface area contributed by atoms with Crippen molar-refractivity contribution in [3.63, 3.8) is 0 Å². The van der Waals surface area contributed by atoms with E-state index in [1.54, 1.807) is 12.1 Å². The first-order valence-electron chi connectivity index (χ1n) is 5.49. The molecule has 0 saturated carbocycles. The number of fused-ring (bicyclic) bond motifs is 3. The predicted octanol–water partition coefficient (Wildman–Crippen LogP) is 3.79. The summed E-state index contributed by atoms with van der Waals surface area (Å²) in [6, 6.07) is 11.3. The van der Waals surface area contributed by atoms with Gasteiger partial charge in [0.05, 0.1) is 5.56 Å². The molecule has 0 amide bonds. The summed E-state index contributed by atoms with van der Waals surface area (Å²) >= 11 is 3.45. The van der Waals surface area contributed by atoms with E-state index in [0.29, 0.717) is 5.56 Å². The Balaban J connectivity index is 2.50. The third-order valence-corrected chi connectivity index (χ3v) is 3.71. The van der Waals surface area contributed by atoms with Crippen LogP contribution in [0.3, 0.4) is 0 Å². The maximum atomic E-state index is 11.0. The number of aryl methyl sites for hydroxylation is 1. The maximum absolute atomic E-state index is 11.0. The minimum Gasteiger partial charge on any atom is -0.478 e. The van der Waals surface area contributed by atoms with Crippen molar-refractivity contribution in [3.05, 3.63) is 46.4 Å². The van der Waals surface area contributed by atoms with E-state index in [1.807, 2.05) is 31.3 Å². The van der Waals surface area contributed by atoms with Crippen LogP contribution >= 0.6 is 15.9 Å². The number of carboxylic acids is 1. The average Bonchev–Trinajstić information content (AvgIpc) is 2.62. The lowest BCUT2D eigenvalue weighted by Gasteiger charge is -1.98. The van der Waals surface area contributed by atoms with Gasteiger partial charge < -0.3 is 9.67 Å². The highest BCUT2D eigenvalue weighted by Crippen LogP contribution is 2.30. The van der Waals surface area contributed by atoms with Gasteiger partial charge >= 0.3 is 5.97 Å². The molecule has 3 rings (SSSR count). The molecule has 90 valence electrons. The van der Waals surface area contributed by atoms with E-state index in [-0.39, 0.29) is 0 Å². The number of carbonyl (C=O) groups is 1. The Morgan fingerprint density at radius 1 is 1.11 bits per heavy atom. The number of aromatic nitrogens is 1. The number of halogens is 1. The maximum Gasteiger partial charge on any atom is 0.335 e. The van der Waals surface area contributed by atoms with Gasteiger partial charge in [0, 0.05) is 33.3 Å². The predicted molar refractivity (Wildman–Crippen MR) is 75.1 cm³/mol. The van der Waals surface area contributed by atoms with Crippen molar-refractivity contribution in [2.24, 2.45) is 7.05 Å². The molecule has 3 aromatic rings. The number of nitrogens with zero attached hydrogens (tertiary/aromatic N) is 1. The molecule has 1 aromatic heterocycles. The number of hydrogen-bond donors (Lipinski definition) is 1. The zero-order chi connectivity index (χ0) is 12.9. The van der Waals surface area contributed by atoms with Gasteiger partial charge in [-0.1, -0.05) is 15.9 Å². The van der Waals surface area contributed by atoms with Gasteiger partial charge in [-0.05, 0) is 36.4 Å². The van der Waals surface area contributed by atoms with Gasteiger partial charge in [-0.2, -0.15) is 0 Å². The molecule has 0 fully saturated rings. The van der Waals surface area contributed by atoms with Gasteiger partial charge in [0.25, 0.3) is 0 Å². The van der Waals surface area contributed by atoms with Crippen LogP contribution in [0.15, 0.2) is 40.9 Å². The Labute approximate surface area is 112 Å². The molecule has 0 atom stereocenters. The highest BCUT2D eigenvalue weighted by molar-refractivity contribution is 9.10. The molecule has 0 spiro atoms. The Kier molecular flexibility index (Phi) is 2.41. The van der Waals surface area contributed by atoms with Crippen molar-refractivity contribution in [2.45, 2.75) is 0 Å². The Morgan fingerprint density at radius 2 is 1.72 bits per heavy atom. The smallest absolute Gasteiger partial charge is 0.335 e. The van der Waals surface area contributed by atoms with Crippen molar-refractivity contribution >= 4 is 43.7 Å². The van der Waals surface area contributed by atoms with E-state index < -0.39 is 5.97 Å². The SMILES string of the molecule is Cn1c2ccc(Br)cc2c2cc(C(=O)O)ccc21. The number of aromatic carboxylic acids is 1. The fourth-order valence-corrected chi connectivity index (χ4v) is 2.68. The zero-order valence-corrected chi connectivity index (χ0v) is 11.2. The van der Waals surface area contributed by atoms with Crippen LogP contribution in [0.4, 0.5) is 0 Å². The fourth-order valence-electron chi connectivity index (χ4n) is 2.32. The van der Waals surface area contributed by atoms with Crippen molar-refractivity contribution in [3.8, 4) is 0 Å². The molecule has 1 heterocycles. The number of hydrogen-bond acceptors (Lipinski definition) is 1. The topological polar surface area (TPSA) is 42.2 Å². The Bertz CT molecular complexity index is 789. The standard InChI is InChI=1S/C14H10BrNO2/c1-16-12-4-2-8(14(17)18)6-10(12)11-7-9(15)3-5-13(11)16/h2-7H,1H3,(H,17,18). The van der Waals surface area contributed by atoms with Crippen LogP contribution in [0.1, 0.15) is 10.4 Å². The molecule has 0 bridgehead atoms. The van der Waals surface area contributed by atoms with Crippen molar-refractivity contribution in [2.75, 3.05) is 0 Å². The molecule has 1 N–H and O–H groups in total. The van der Waals surface area contributed by atoms with Gasteiger partial charge in [-0.25, -0.2) is 4.79 Å². The quantitative estimate of drug-likeness (QED) is 0.743. The van der Waals surface area contributed by atoms with Gasteiger partial charge in [0.2, 0.25) is 0 Å². The summed E-state index contributed by atoms with van der Waals surface area (Å²) in [7, 11) is 1.99. The average molecular weight is 304 g/mol. The van der Waals surface area contributed by atoms with E-state index in [2.05, 4.69) is 20.5 Å². The molecule has 0 aliphatic rings. The van der Waals surface area contributed by atoms with Crippen LogP contribution in [0.2, 0.25) is 0 Å². The Morgan fingerprint density at radius 3 is 2.39 bits per heavy atom. The fraction of sp³-hybridized carbons (Fsp3) is 0.0714. The van der Waals surface area contributed by atoms with Gasteiger partial charge in [0.1, 0.15) is 0 Å². The lowest BCUT2D eigenvalue weighted by atomic mass is 10.1. The van der Waals surface area contributed by atoms with E-state index in [9.17, 15) is 4.79 Å². The van der Waals surface area contributed by atoms with E-state index in [1.165, 1.54) is 0 Å². The normalized spacial score (nSPS) is 11.2. The lowest BCUT2D eigenvalue weighted by Crippen LogP contribution is -1.95. The summed E-state index contributed by atoms with van der Waals surface area (Å²) in [5, 5.41) is 11.1. The number of rotatable bonds is 1. The first-order chi connectivity index (χ1) is 8.58. The lowest BCUT2D eigenvalue weighted by molar-refractivity contribution is 0.0697. The number of benzene rings is 2. The summed E-state index contributed by atoms with van der Waals surface area (Å²) in [5.74, 6) is -0.899. The second kappa shape index (κ2) is 3.85. The van der Waals surface area contributed by atoms with E-state index >= 15 is 0 Å². The van der Waals surface area contributed by atoms with Crippen LogP contribution < -0.4 is 0 Å². The van der Waals surface area contributed by atoms with Crippen molar-refractivity contribution in [1.82, 2.24) is 4.57 Å². The summed E-state index contributed by atoms with van der Waals surface area (Å²) in [6.07, 6.45) is 0. The van der Waals surface area contributed by atoms with Crippen LogP contribution in [0, 0.1) is 0 Å². The first kappa shape index (κ1) is 11.3. The number of carboxylic acid groups (broad SMARTS) is 1. The second-order valence-corrected chi connectivity index (χ2v) is 5.17. The second-order valence-electron chi connectivity index (χ2n) is 4.26. The van der Waals surface area contributed by atoms with Crippen molar-refractivity contribution < 1.29 is 9.90 Å². The van der Waals surface area contributed by atoms with Crippen LogP contribution in [0.25, 0.3) is 21.8 Å². The van der Waals surface area contributed by atoms with Crippen LogP contribution in [-0.4, -0.2) is 15.6 Å². The van der Waals surface area contributed by atoms with Crippen molar-refractivity contribution in [1.29, 1.82) is 0 Å². The molecule has 0 saturated heterocycles. The molecular formula is C14H10BrNO2. The minimum absolute atomic E-state index is 0.315. The van der Waals surface area contributed by atoms with E-state index in [0.717, 1.165) is 26.3 Å². The van der Waals surface area contributed by atoms with Gasteiger partial charge in [-0.3, -0.25) is 0 Å². The highest BCUT2D eigenvalue weighted by atomic mass is 79.9. The van der Waals surface area contributed by atoms with Gasteiger partial charge in [0.15, 0.2) is 0 Å². The molecule has 4 heteroatoms. The molecule has 0 aliphatic heterocycles. The van der Waals surface area contributed by atoms with E-state index in [4.69, 9.17) is 5.11 Å². The van der Waals surface area contributed by atoms with Crippen LogP contribution in [0.5, 0.6) is 0 Å². The molecular weight excluding hydrogens is 294 g/mol. The molecule has 3 nitrogen and oxygen atoms in total. The Hall–Kier alpha value is -1.81. The molecule has 2 aromatic carbocycles. The monoisotopic (exact) mass is 303 g/mol. The molecule has 0 unspecified atom stereocenters. The third kappa shape index (κ3) is 1.53. The largest absolute Gasteiger partial charge is 0.478 e. The third-order valence-electron chi connectivity index (χ3n) is 3.21. The summed E-state index contributed by atoms with van der Waals surface area (Å²) in [5.41, 5.74) is 2.44. The highest BCUT2D eigenvalue weighted by Gasteiger charge is 2.11. The summed E-state index contributed by atoms with van der Waals surface area (Å²) in [4.78, 5) is 11.0. The van der Waals surface area contributed by atoms with Crippen LogP contribution in [-0.2, 0) is 7.05 Å².